The maximum atomic E-state index is 9.18. The number of rotatable bonds is 1. The predicted octanol–water partition coefficient (Wildman–Crippen LogP) is 3.70. The molecule has 1 fully saturated rings. The minimum absolute atomic E-state index is 0.166. The van der Waals surface area contributed by atoms with Crippen molar-refractivity contribution in [3.05, 3.63) is 28.2 Å². The molecule has 3 heteroatoms. The third-order valence-electron chi connectivity index (χ3n) is 3.27. The van der Waals surface area contributed by atoms with Crippen molar-refractivity contribution in [2.75, 3.05) is 11.4 Å². The van der Waals surface area contributed by atoms with Crippen LogP contribution in [0.5, 0.6) is 0 Å². The highest BCUT2D eigenvalue weighted by atomic mass is 79.9. The summed E-state index contributed by atoms with van der Waals surface area (Å²) in [5.74, 6) is 0. The second kappa shape index (κ2) is 4.10. The lowest BCUT2D eigenvalue weighted by molar-refractivity contribution is 0.517. The monoisotopic (exact) mass is 278 g/mol. The van der Waals surface area contributed by atoms with Gasteiger partial charge in [0.25, 0.3) is 0 Å². The number of hydrogen-bond donors (Lipinski definition) is 0. The van der Waals surface area contributed by atoms with Gasteiger partial charge in [-0.05, 0) is 44.9 Å². The average Bonchev–Trinajstić information content (AvgIpc) is 2.58. The van der Waals surface area contributed by atoms with Crippen LogP contribution in [0.4, 0.5) is 5.69 Å². The topological polar surface area (TPSA) is 27.0 Å². The summed E-state index contributed by atoms with van der Waals surface area (Å²) in [6, 6.07) is 8.21. The first-order valence-corrected chi connectivity index (χ1v) is 6.31. The van der Waals surface area contributed by atoms with E-state index in [1.54, 1.807) is 0 Å². The number of halogens is 1. The van der Waals surface area contributed by atoms with Crippen LogP contribution in [0.15, 0.2) is 22.7 Å². The highest BCUT2D eigenvalue weighted by Crippen LogP contribution is 2.36. The molecule has 0 unspecified atom stereocenters. The van der Waals surface area contributed by atoms with Crippen LogP contribution in [0.2, 0.25) is 0 Å². The quantitative estimate of drug-likeness (QED) is 0.783. The standard InChI is InChI=1S/C13H15BrN2/c1-13(2)6-3-7-16(13)12-5-4-11(14)8-10(12)9-15/h4-5,8H,3,6-7H2,1-2H3. The lowest BCUT2D eigenvalue weighted by Crippen LogP contribution is -2.38. The SMILES string of the molecule is CC1(C)CCCN1c1ccc(Br)cc1C#N. The van der Waals surface area contributed by atoms with Crippen LogP contribution in [0.3, 0.4) is 0 Å². The van der Waals surface area contributed by atoms with E-state index in [9.17, 15) is 5.26 Å². The maximum Gasteiger partial charge on any atom is 0.101 e. The van der Waals surface area contributed by atoms with Crippen LogP contribution in [-0.4, -0.2) is 12.1 Å². The van der Waals surface area contributed by atoms with Crippen LogP contribution < -0.4 is 4.90 Å². The van der Waals surface area contributed by atoms with Crippen molar-refractivity contribution >= 4 is 21.6 Å². The number of hydrogen-bond acceptors (Lipinski definition) is 2. The van der Waals surface area contributed by atoms with E-state index in [1.807, 2.05) is 18.2 Å². The van der Waals surface area contributed by atoms with Crippen molar-refractivity contribution in [3.8, 4) is 6.07 Å². The predicted molar refractivity (Wildman–Crippen MR) is 69.5 cm³/mol. The maximum absolute atomic E-state index is 9.18. The van der Waals surface area contributed by atoms with E-state index >= 15 is 0 Å². The first-order chi connectivity index (χ1) is 7.54. The Labute approximate surface area is 105 Å². The van der Waals surface area contributed by atoms with Crippen LogP contribution in [-0.2, 0) is 0 Å². The molecule has 2 rings (SSSR count). The third-order valence-corrected chi connectivity index (χ3v) is 3.76. The molecule has 0 bridgehead atoms. The van der Waals surface area contributed by atoms with Crippen molar-refractivity contribution < 1.29 is 0 Å². The first-order valence-electron chi connectivity index (χ1n) is 5.52. The highest BCUT2D eigenvalue weighted by Gasteiger charge is 2.33. The molecule has 0 spiro atoms. The zero-order valence-corrected chi connectivity index (χ0v) is 11.2. The molecular formula is C13H15BrN2. The molecule has 0 saturated carbocycles. The lowest BCUT2D eigenvalue weighted by Gasteiger charge is -2.34. The van der Waals surface area contributed by atoms with Crippen molar-refractivity contribution in [3.63, 3.8) is 0 Å². The molecule has 1 aromatic carbocycles. The third kappa shape index (κ3) is 1.94. The summed E-state index contributed by atoms with van der Waals surface area (Å²) in [4.78, 5) is 2.35. The molecule has 0 aromatic heterocycles. The van der Waals surface area contributed by atoms with E-state index in [1.165, 1.54) is 12.8 Å². The molecule has 0 aliphatic carbocycles. The Bertz CT molecular complexity index is 446. The Morgan fingerprint density at radius 1 is 1.44 bits per heavy atom. The molecule has 1 heterocycles. The minimum Gasteiger partial charge on any atom is -0.365 e. The van der Waals surface area contributed by atoms with Gasteiger partial charge in [0.05, 0.1) is 11.3 Å². The van der Waals surface area contributed by atoms with E-state index in [-0.39, 0.29) is 5.54 Å². The van der Waals surface area contributed by atoms with E-state index in [4.69, 9.17) is 0 Å². The van der Waals surface area contributed by atoms with Gasteiger partial charge in [-0.3, -0.25) is 0 Å². The summed E-state index contributed by atoms with van der Waals surface area (Å²) < 4.78 is 0.963. The highest BCUT2D eigenvalue weighted by molar-refractivity contribution is 9.10. The van der Waals surface area contributed by atoms with Crippen molar-refractivity contribution in [2.24, 2.45) is 0 Å². The van der Waals surface area contributed by atoms with Gasteiger partial charge in [0.1, 0.15) is 6.07 Å². The molecular weight excluding hydrogens is 264 g/mol. The van der Waals surface area contributed by atoms with Gasteiger partial charge in [-0.15, -0.1) is 0 Å². The summed E-state index contributed by atoms with van der Waals surface area (Å²) in [6.45, 7) is 5.52. The zero-order valence-electron chi connectivity index (χ0n) is 9.63. The number of nitriles is 1. The smallest absolute Gasteiger partial charge is 0.101 e. The summed E-state index contributed by atoms with van der Waals surface area (Å²) in [6.07, 6.45) is 2.39. The average molecular weight is 279 g/mol. The Balaban J connectivity index is 2.45. The molecule has 16 heavy (non-hydrogen) atoms. The molecule has 1 aliphatic rings. The molecule has 0 N–H and O–H groups in total. The summed E-state index contributed by atoms with van der Waals surface area (Å²) in [5, 5.41) is 9.18. The number of anilines is 1. The van der Waals surface area contributed by atoms with E-state index in [0.717, 1.165) is 22.3 Å². The van der Waals surface area contributed by atoms with Crippen LogP contribution >= 0.6 is 15.9 Å². The minimum atomic E-state index is 0.166. The number of benzene rings is 1. The van der Waals surface area contributed by atoms with Crippen LogP contribution in [0, 0.1) is 11.3 Å². The van der Waals surface area contributed by atoms with Crippen molar-refractivity contribution in [1.29, 1.82) is 5.26 Å². The summed E-state index contributed by atoms with van der Waals surface area (Å²) in [7, 11) is 0. The Kier molecular flexibility index (Phi) is 2.94. The molecule has 1 saturated heterocycles. The van der Waals surface area contributed by atoms with E-state index < -0.39 is 0 Å². The summed E-state index contributed by atoms with van der Waals surface area (Å²) >= 11 is 3.40. The molecule has 84 valence electrons. The van der Waals surface area contributed by atoms with E-state index in [0.29, 0.717) is 0 Å². The fourth-order valence-electron chi connectivity index (χ4n) is 2.39. The van der Waals surface area contributed by atoms with Gasteiger partial charge >= 0.3 is 0 Å². The molecule has 1 aromatic rings. The second-order valence-corrected chi connectivity index (χ2v) is 5.76. The zero-order chi connectivity index (χ0) is 11.8. The van der Waals surface area contributed by atoms with Gasteiger partial charge in [0, 0.05) is 16.6 Å². The Hall–Kier alpha value is -1.01. The molecule has 0 radical (unpaired) electrons. The Morgan fingerprint density at radius 2 is 2.19 bits per heavy atom. The van der Waals surface area contributed by atoms with Gasteiger partial charge in [0.15, 0.2) is 0 Å². The largest absolute Gasteiger partial charge is 0.365 e. The van der Waals surface area contributed by atoms with Gasteiger partial charge < -0.3 is 4.90 Å². The normalized spacial score (nSPS) is 18.5. The van der Waals surface area contributed by atoms with Gasteiger partial charge in [-0.1, -0.05) is 15.9 Å². The molecule has 1 aliphatic heterocycles. The number of nitrogens with zero attached hydrogens (tertiary/aromatic N) is 2. The first kappa shape index (κ1) is 11.5. The molecule has 0 atom stereocenters. The lowest BCUT2D eigenvalue weighted by atomic mass is 10.0. The van der Waals surface area contributed by atoms with Crippen LogP contribution in [0.1, 0.15) is 32.3 Å². The van der Waals surface area contributed by atoms with Crippen molar-refractivity contribution in [1.82, 2.24) is 0 Å². The van der Waals surface area contributed by atoms with Gasteiger partial charge in [-0.25, -0.2) is 0 Å². The fourth-order valence-corrected chi connectivity index (χ4v) is 2.75. The summed E-state index contributed by atoms with van der Waals surface area (Å²) in [5.41, 5.74) is 1.98. The van der Waals surface area contributed by atoms with Gasteiger partial charge in [0.2, 0.25) is 0 Å². The molecule has 2 nitrogen and oxygen atoms in total. The second-order valence-electron chi connectivity index (χ2n) is 4.84. The Morgan fingerprint density at radius 3 is 2.75 bits per heavy atom. The van der Waals surface area contributed by atoms with Crippen LogP contribution in [0.25, 0.3) is 0 Å². The van der Waals surface area contributed by atoms with Gasteiger partial charge in [-0.2, -0.15) is 5.26 Å². The molecule has 0 amide bonds. The fraction of sp³-hybridized carbons (Fsp3) is 0.462. The van der Waals surface area contributed by atoms with Crippen molar-refractivity contribution in [2.45, 2.75) is 32.2 Å². The van der Waals surface area contributed by atoms with E-state index in [2.05, 4.69) is 40.7 Å².